The van der Waals surface area contributed by atoms with Crippen LogP contribution in [0.1, 0.15) is 0 Å². The Bertz CT molecular complexity index is 270. The highest BCUT2D eigenvalue weighted by Gasteiger charge is 2.54. The van der Waals surface area contributed by atoms with Crippen molar-refractivity contribution in [2.75, 3.05) is 0 Å². The van der Waals surface area contributed by atoms with E-state index in [2.05, 4.69) is 58.9 Å². The van der Waals surface area contributed by atoms with Crippen molar-refractivity contribution in [3.05, 3.63) is 0 Å². The van der Waals surface area contributed by atoms with Gasteiger partial charge in [0.05, 0.1) is 0 Å². The average Bonchev–Trinajstić information content (AvgIpc) is 1.86. The Morgan fingerprint density at radius 2 is 0.850 bits per heavy atom. The molecule has 0 atom stereocenters. The van der Waals surface area contributed by atoms with Gasteiger partial charge in [0, 0.05) is 0 Å². The molecule has 11 heteroatoms. The first kappa shape index (κ1) is 21.5. The third kappa shape index (κ3) is 11.1. The van der Waals surface area contributed by atoms with Crippen molar-refractivity contribution < 1.29 is 16.5 Å². The molecule has 0 aliphatic heterocycles. The summed E-state index contributed by atoms with van der Waals surface area (Å²) in [7, 11) is -11.4. The quantitative estimate of drug-likeness (QED) is 0.443. The van der Waals surface area contributed by atoms with Crippen LogP contribution in [0.5, 0.6) is 0 Å². The molecule has 0 spiro atoms. The predicted molar refractivity (Wildman–Crippen MR) is 99.0 cm³/mol. The second-order valence-corrected chi connectivity index (χ2v) is 28.2. The third-order valence-electron chi connectivity index (χ3n) is 1.53. The molecule has 0 aromatic rings. The summed E-state index contributed by atoms with van der Waals surface area (Å²) in [5, 5.41) is 0. The summed E-state index contributed by atoms with van der Waals surface area (Å²) in [4.78, 5) is 0. The van der Waals surface area contributed by atoms with Crippen LogP contribution in [-0.4, -0.2) is 41.7 Å². The van der Waals surface area contributed by atoms with Gasteiger partial charge >= 0.3 is 16.7 Å². The van der Waals surface area contributed by atoms with Crippen LogP contribution in [0.2, 0.25) is 58.9 Å². The lowest BCUT2D eigenvalue weighted by atomic mass is 11.8. The van der Waals surface area contributed by atoms with Gasteiger partial charge in [-0.3, -0.25) is 0 Å². The zero-order chi connectivity index (χ0) is 16.4. The van der Waals surface area contributed by atoms with Crippen molar-refractivity contribution in [2.45, 2.75) is 58.9 Å². The third-order valence-corrected chi connectivity index (χ3v) is 15.3. The molecule has 0 N–H and O–H groups in total. The fraction of sp³-hybridized carbons (Fsp3) is 1.00. The first-order chi connectivity index (χ1) is 8.54. The smallest absolute Gasteiger partial charge is 0.396 e. The van der Waals surface area contributed by atoms with E-state index in [1.54, 1.807) is 0 Å². The van der Waals surface area contributed by atoms with E-state index in [9.17, 15) is 0 Å². The van der Waals surface area contributed by atoms with E-state index in [0.717, 1.165) is 0 Å². The minimum Gasteiger partial charge on any atom is -0.396 e. The van der Waals surface area contributed by atoms with Crippen LogP contribution in [0, 0.1) is 0 Å². The molecule has 20 heavy (non-hydrogen) atoms. The van der Waals surface area contributed by atoms with E-state index in [0.29, 0.717) is 0 Å². The Morgan fingerprint density at radius 3 is 1.00 bits per heavy atom. The van der Waals surface area contributed by atoms with Gasteiger partial charge < -0.3 is 16.5 Å². The molecular formula is C9H28Cl2O4Si5. The first-order valence-corrected chi connectivity index (χ1v) is 22.4. The molecule has 0 fully saturated rings. The van der Waals surface area contributed by atoms with Crippen molar-refractivity contribution in [3.8, 4) is 0 Å². The summed E-state index contributed by atoms with van der Waals surface area (Å²) in [5.41, 5.74) is 0. The minimum atomic E-state index is -3.28. The highest BCUT2D eigenvalue weighted by Crippen LogP contribution is 2.28. The summed E-state index contributed by atoms with van der Waals surface area (Å²) < 4.78 is 24.5. The SMILES string of the molecule is C[Si](C)(C)O[Si](O[SiH](Cl)Cl)(O[Si](C)(C)C)O[Si](C)(C)C. The molecule has 122 valence electrons. The number of hydrogen-bond acceptors (Lipinski definition) is 4. The topological polar surface area (TPSA) is 36.9 Å². The average molecular weight is 412 g/mol. The van der Waals surface area contributed by atoms with Crippen molar-refractivity contribution in [1.29, 1.82) is 0 Å². The zero-order valence-corrected chi connectivity index (χ0v) is 20.6. The van der Waals surface area contributed by atoms with E-state index >= 15 is 0 Å². The van der Waals surface area contributed by atoms with Crippen molar-refractivity contribution >= 4 is 63.8 Å². The van der Waals surface area contributed by atoms with Gasteiger partial charge in [-0.25, -0.2) is 0 Å². The van der Waals surface area contributed by atoms with E-state index < -0.39 is 41.7 Å². The lowest BCUT2D eigenvalue weighted by Gasteiger charge is -2.41. The van der Waals surface area contributed by atoms with E-state index in [4.69, 9.17) is 38.6 Å². The van der Waals surface area contributed by atoms with Gasteiger partial charge in [-0.15, -0.1) is 22.2 Å². The summed E-state index contributed by atoms with van der Waals surface area (Å²) in [6.45, 7) is 18.7. The van der Waals surface area contributed by atoms with E-state index in [1.807, 2.05) is 0 Å². The molecule has 0 aromatic heterocycles. The van der Waals surface area contributed by atoms with Gasteiger partial charge in [0.2, 0.25) is 0 Å². The van der Waals surface area contributed by atoms with Crippen LogP contribution in [-0.2, 0) is 16.5 Å². The van der Waals surface area contributed by atoms with Gasteiger partial charge in [0.15, 0.2) is 25.0 Å². The molecule has 0 saturated carbocycles. The zero-order valence-electron chi connectivity index (χ0n) is 14.0. The lowest BCUT2D eigenvalue weighted by Crippen LogP contribution is -2.63. The highest BCUT2D eigenvalue weighted by atomic mass is 35.7. The Kier molecular flexibility index (Phi) is 7.94. The second kappa shape index (κ2) is 7.38. The van der Waals surface area contributed by atoms with Gasteiger partial charge in [-0.2, -0.15) is 0 Å². The van der Waals surface area contributed by atoms with Crippen LogP contribution >= 0.6 is 22.2 Å². The van der Waals surface area contributed by atoms with Crippen LogP contribution in [0.3, 0.4) is 0 Å². The summed E-state index contributed by atoms with van der Waals surface area (Å²) in [6, 6.07) is 0. The van der Waals surface area contributed by atoms with Crippen LogP contribution in [0.15, 0.2) is 0 Å². The minimum absolute atomic E-state index is 1.92. The van der Waals surface area contributed by atoms with Gasteiger partial charge in [0.25, 0.3) is 0 Å². The summed E-state index contributed by atoms with van der Waals surface area (Å²) >= 11 is 11.9. The Hall–Kier alpha value is 1.50. The fourth-order valence-electron chi connectivity index (χ4n) is 1.37. The maximum absolute atomic E-state index is 6.23. The molecule has 0 unspecified atom stereocenters. The summed E-state index contributed by atoms with van der Waals surface area (Å²) in [6.07, 6.45) is 0. The fourth-order valence-corrected chi connectivity index (χ4v) is 16.7. The normalized spacial score (nSPS) is 15.0. The molecular weight excluding hydrogens is 383 g/mol. The van der Waals surface area contributed by atoms with Crippen LogP contribution in [0.25, 0.3) is 0 Å². The largest absolute Gasteiger partial charge is 0.638 e. The molecule has 0 radical (unpaired) electrons. The molecule has 0 aliphatic rings. The van der Waals surface area contributed by atoms with E-state index in [-0.39, 0.29) is 0 Å². The number of halogens is 2. The lowest BCUT2D eigenvalue weighted by molar-refractivity contribution is 0.156. The maximum Gasteiger partial charge on any atom is 0.638 e. The predicted octanol–water partition coefficient (Wildman–Crippen LogP) is 4.19. The highest BCUT2D eigenvalue weighted by molar-refractivity contribution is 7.32. The molecule has 4 nitrogen and oxygen atoms in total. The monoisotopic (exact) mass is 410 g/mol. The standard InChI is InChI=1S/C9H28Cl2O4Si5/c1-17(2,3)13-20(12-16(10)11,14-18(4,5)6)15-19(7,8)9/h16H,1-9H3. The van der Waals surface area contributed by atoms with Crippen molar-refractivity contribution in [1.82, 2.24) is 0 Å². The van der Waals surface area contributed by atoms with E-state index in [1.165, 1.54) is 0 Å². The second-order valence-electron chi connectivity index (χ2n) is 7.52. The molecule has 0 rings (SSSR count). The number of hydrogen-bond donors (Lipinski definition) is 0. The molecule has 0 aliphatic carbocycles. The molecule has 0 heterocycles. The molecule has 0 bridgehead atoms. The van der Waals surface area contributed by atoms with Gasteiger partial charge in [-0.1, -0.05) is 0 Å². The Labute approximate surface area is 139 Å². The van der Waals surface area contributed by atoms with Gasteiger partial charge in [-0.05, 0) is 58.9 Å². The Morgan fingerprint density at radius 1 is 0.600 bits per heavy atom. The molecule has 0 saturated heterocycles. The molecule has 0 amide bonds. The van der Waals surface area contributed by atoms with Crippen molar-refractivity contribution in [3.63, 3.8) is 0 Å². The van der Waals surface area contributed by atoms with Crippen LogP contribution in [0.4, 0.5) is 0 Å². The van der Waals surface area contributed by atoms with Crippen LogP contribution < -0.4 is 0 Å². The first-order valence-electron chi connectivity index (χ1n) is 6.60. The van der Waals surface area contributed by atoms with Crippen molar-refractivity contribution in [2.24, 2.45) is 0 Å². The molecule has 0 aromatic carbocycles. The maximum atomic E-state index is 6.23. The Balaban J connectivity index is 5.50. The summed E-state index contributed by atoms with van der Waals surface area (Å²) in [5.74, 6) is 0. The van der Waals surface area contributed by atoms with Gasteiger partial charge in [0.1, 0.15) is 0 Å². The number of rotatable bonds is 8.